The van der Waals surface area contributed by atoms with Gasteiger partial charge in [-0.05, 0) is 52.9 Å². The molecule has 2 aliphatic rings. The Labute approximate surface area is 164 Å². The van der Waals surface area contributed by atoms with Crippen LogP contribution in [0.25, 0.3) is 0 Å². The monoisotopic (exact) mass is 391 g/mol. The minimum absolute atomic E-state index is 0.0804. The van der Waals surface area contributed by atoms with Crippen molar-refractivity contribution < 1.29 is 18.8 Å². The summed E-state index contributed by atoms with van der Waals surface area (Å²) >= 11 is 0. The predicted octanol–water partition coefficient (Wildman–Crippen LogP) is 2.01. The quantitative estimate of drug-likeness (QED) is 0.723. The largest absolute Gasteiger partial charge is 0.446 e. The number of rotatable bonds is 4. The Morgan fingerprint density at radius 1 is 1.36 bits per heavy atom. The van der Waals surface area contributed by atoms with E-state index in [-0.39, 0.29) is 36.1 Å². The number of ether oxygens (including phenoxy) is 1. The van der Waals surface area contributed by atoms with Crippen molar-refractivity contribution >= 4 is 17.8 Å². The van der Waals surface area contributed by atoms with Crippen LogP contribution in [0.2, 0.25) is 0 Å². The zero-order chi connectivity index (χ0) is 20.3. The molecule has 9 heteroatoms. The van der Waals surface area contributed by atoms with Crippen molar-refractivity contribution in [3.05, 3.63) is 17.5 Å². The van der Waals surface area contributed by atoms with E-state index in [0.717, 1.165) is 19.3 Å². The first-order valence-corrected chi connectivity index (χ1v) is 9.71. The number of amides is 2. The van der Waals surface area contributed by atoms with E-state index < -0.39 is 0 Å². The molecule has 0 aromatic carbocycles. The number of carbonyl (C=O) groups is 2. The highest BCUT2D eigenvalue weighted by atomic mass is 16.6. The van der Waals surface area contributed by atoms with Crippen molar-refractivity contribution in [1.29, 1.82) is 0 Å². The van der Waals surface area contributed by atoms with Crippen molar-refractivity contribution in [2.24, 2.45) is 11.0 Å². The Balaban J connectivity index is 1.40. The highest BCUT2D eigenvalue weighted by Gasteiger charge is 2.36. The fraction of sp³-hybridized carbons (Fsp3) is 0.684. The molecule has 1 aliphatic carbocycles. The van der Waals surface area contributed by atoms with Crippen LogP contribution in [0, 0.1) is 12.8 Å². The van der Waals surface area contributed by atoms with Gasteiger partial charge in [-0.3, -0.25) is 4.79 Å². The summed E-state index contributed by atoms with van der Waals surface area (Å²) in [4.78, 5) is 24.1. The fourth-order valence-electron chi connectivity index (χ4n) is 3.62. The maximum atomic E-state index is 12.1. The number of nitrogens with one attached hydrogen (secondary N) is 3. The Morgan fingerprint density at radius 2 is 2.14 bits per heavy atom. The SMILES string of the molecule is Cc1cc(CC(=O)NC2=NNC([C@H]3CC[C@@H](OC(=O)NC(C)(C)C)C3)C2)no1. The molecule has 3 N–H and O–H groups in total. The van der Waals surface area contributed by atoms with Gasteiger partial charge in [-0.15, -0.1) is 0 Å². The predicted molar refractivity (Wildman–Crippen MR) is 103 cm³/mol. The number of carbonyl (C=O) groups excluding carboxylic acids is 2. The lowest BCUT2D eigenvalue weighted by atomic mass is 9.96. The molecular weight excluding hydrogens is 362 g/mol. The summed E-state index contributed by atoms with van der Waals surface area (Å²) in [6.45, 7) is 7.55. The molecule has 28 heavy (non-hydrogen) atoms. The fourth-order valence-corrected chi connectivity index (χ4v) is 3.62. The van der Waals surface area contributed by atoms with E-state index in [1.165, 1.54) is 0 Å². The lowest BCUT2D eigenvalue weighted by Gasteiger charge is -2.22. The Hall–Kier alpha value is -2.58. The Kier molecular flexibility index (Phi) is 5.90. The average molecular weight is 391 g/mol. The number of hydrogen-bond donors (Lipinski definition) is 3. The molecule has 1 aromatic rings. The molecule has 0 bridgehead atoms. The van der Waals surface area contributed by atoms with E-state index in [4.69, 9.17) is 9.26 Å². The summed E-state index contributed by atoms with van der Waals surface area (Å²) in [7, 11) is 0. The van der Waals surface area contributed by atoms with Crippen LogP contribution in [-0.4, -0.2) is 40.7 Å². The smallest absolute Gasteiger partial charge is 0.407 e. The van der Waals surface area contributed by atoms with Crippen molar-refractivity contribution in [3.63, 3.8) is 0 Å². The van der Waals surface area contributed by atoms with Gasteiger partial charge < -0.3 is 25.3 Å². The summed E-state index contributed by atoms with van der Waals surface area (Å²) in [6.07, 6.45) is 2.95. The van der Waals surface area contributed by atoms with Crippen LogP contribution in [-0.2, 0) is 16.0 Å². The molecule has 3 rings (SSSR count). The molecule has 0 saturated heterocycles. The first-order valence-electron chi connectivity index (χ1n) is 9.71. The van der Waals surface area contributed by atoms with Crippen LogP contribution in [0.1, 0.15) is 57.9 Å². The first-order chi connectivity index (χ1) is 13.2. The van der Waals surface area contributed by atoms with E-state index in [1.807, 2.05) is 20.8 Å². The molecule has 2 heterocycles. The van der Waals surface area contributed by atoms with Gasteiger partial charge in [0.05, 0.1) is 18.2 Å². The van der Waals surface area contributed by atoms with Gasteiger partial charge in [0.15, 0.2) is 0 Å². The summed E-state index contributed by atoms with van der Waals surface area (Å²) in [6, 6.07) is 1.88. The van der Waals surface area contributed by atoms with Crippen LogP contribution in [0.4, 0.5) is 4.79 Å². The van der Waals surface area contributed by atoms with Gasteiger partial charge in [0, 0.05) is 18.0 Å². The zero-order valence-electron chi connectivity index (χ0n) is 16.9. The third kappa shape index (κ3) is 5.71. The molecule has 1 aromatic heterocycles. The van der Waals surface area contributed by atoms with Crippen LogP contribution < -0.4 is 16.1 Å². The second-order valence-electron chi connectivity index (χ2n) is 8.63. The Bertz CT molecular complexity index is 752. The molecule has 9 nitrogen and oxygen atoms in total. The molecule has 2 amide bonds. The molecule has 1 saturated carbocycles. The highest BCUT2D eigenvalue weighted by molar-refractivity contribution is 5.99. The van der Waals surface area contributed by atoms with Crippen LogP contribution in [0.5, 0.6) is 0 Å². The maximum absolute atomic E-state index is 12.1. The van der Waals surface area contributed by atoms with Gasteiger partial charge in [0.25, 0.3) is 0 Å². The summed E-state index contributed by atoms with van der Waals surface area (Å²) in [5, 5.41) is 13.7. The zero-order valence-corrected chi connectivity index (χ0v) is 16.9. The second-order valence-corrected chi connectivity index (χ2v) is 8.63. The lowest BCUT2D eigenvalue weighted by molar-refractivity contribution is -0.119. The Morgan fingerprint density at radius 3 is 2.82 bits per heavy atom. The molecule has 1 fully saturated rings. The molecule has 3 atom stereocenters. The summed E-state index contributed by atoms with van der Waals surface area (Å²) in [5.74, 6) is 1.49. The van der Waals surface area contributed by atoms with Gasteiger partial charge in [-0.2, -0.15) is 5.10 Å². The van der Waals surface area contributed by atoms with Gasteiger partial charge in [-0.1, -0.05) is 5.16 Å². The van der Waals surface area contributed by atoms with E-state index in [1.54, 1.807) is 13.0 Å². The molecule has 154 valence electrons. The average Bonchev–Trinajstić information content (AvgIpc) is 3.27. The minimum atomic E-state index is -0.371. The van der Waals surface area contributed by atoms with Crippen LogP contribution in [0.3, 0.4) is 0 Å². The number of nitrogens with zero attached hydrogens (tertiary/aromatic N) is 2. The maximum Gasteiger partial charge on any atom is 0.407 e. The van der Waals surface area contributed by atoms with E-state index in [2.05, 4.69) is 26.3 Å². The topological polar surface area (TPSA) is 118 Å². The normalized spacial score (nSPS) is 24.4. The number of amidine groups is 1. The molecule has 1 aliphatic heterocycles. The van der Waals surface area contributed by atoms with Gasteiger partial charge in [0.2, 0.25) is 5.91 Å². The lowest BCUT2D eigenvalue weighted by Crippen LogP contribution is -2.42. The second kappa shape index (κ2) is 8.20. The minimum Gasteiger partial charge on any atom is -0.446 e. The number of aromatic nitrogens is 1. The van der Waals surface area contributed by atoms with E-state index in [0.29, 0.717) is 29.6 Å². The number of alkyl carbamates (subject to hydrolysis) is 1. The van der Waals surface area contributed by atoms with Crippen LogP contribution >= 0.6 is 0 Å². The van der Waals surface area contributed by atoms with Crippen molar-refractivity contribution in [2.75, 3.05) is 0 Å². The first kappa shape index (κ1) is 20.2. The van der Waals surface area contributed by atoms with Gasteiger partial charge >= 0.3 is 6.09 Å². The van der Waals surface area contributed by atoms with Crippen molar-refractivity contribution in [1.82, 2.24) is 21.2 Å². The highest BCUT2D eigenvalue weighted by Crippen LogP contribution is 2.32. The van der Waals surface area contributed by atoms with Crippen LogP contribution in [0.15, 0.2) is 15.7 Å². The standard InChI is InChI=1S/C19H29N5O4/c1-11-7-13(24-28-11)9-17(25)20-16-10-15(22-23-16)12-5-6-14(8-12)27-18(26)21-19(2,3)4/h7,12,14-15,22H,5-6,8-10H2,1-4H3,(H,21,26)(H,20,23,25)/t12-,14+,15?/m0/s1. The molecular formula is C19H29N5O4. The van der Waals surface area contributed by atoms with Crippen molar-refractivity contribution in [2.45, 2.75) is 77.5 Å². The third-order valence-electron chi connectivity index (χ3n) is 4.83. The summed E-state index contributed by atoms with van der Waals surface area (Å²) < 4.78 is 10.5. The third-order valence-corrected chi connectivity index (χ3v) is 4.83. The van der Waals surface area contributed by atoms with E-state index >= 15 is 0 Å². The number of hydrogen-bond acceptors (Lipinski definition) is 7. The molecule has 0 spiro atoms. The van der Waals surface area contributed by atoms with Gasteiger partial charge in [-0.25, -0.2) is 4.79 Å². The number of hydrazone groups is 1. The van der Waals surface area contributed by atoms with E-state index in [9.17, 15) is 9.59 Å². The molecule has 1 unspecified atom stereocenters. The summed E-state index contributed by atoms with van der Waals surface area (Å²) in [5.41, 5.74) is 3.40. The van der Waals surface area contributed by atoms with Gasteiger partial charge in [0.1, 0.15) is 17.7 Å². The molecule has 0 radical (unpaired) electrons. The van der Waals surface area contributed by atoms with Crippen molar-refractivity contribution in [3.8, 4) is 0 Å². The number of aryl methyl sites for hydroxylation is 1.